The molecule has 0 saturated heterocycles. The first-order chi connectivity index (χ1) is 10.1. The number of anilines is 1. The summed E-state index contributed by atoms with van der Waals surface area (Å²) in [6, 6.07) is 5.94. The molecule has 1 aromatic rings. The third kappa shape index (κ3) is 4.76. The van der Waals surface area contributed by atoms with Gasteiger partial charge in [0.2, 0.25) is 0 Å². The van der Waals surface area contributed by atoms with Gasteiger partial charge in [-0.3, -0.25) is 4.79 Å². The van der Waals surface area contributed by atoms with Crippen LogP contribution >= 0.6 is 0 Å². The topological polar surface area (TPSA) is 32.3 Å². The van der Waals surface area contributed by atoms with Gasteiger partial charge >= 0.3 is 0 Å². The fraction of sp³-hybridized carbons (Fsp3) is 0.611. The molecule has 1 rings (SSSR count). The van der Waals surface area contributed by atoms with Gasteiger partial charge in [-0.15, -0.1) is 0 Å². The molecule has 0 radical (unpaired) electrons. The Labute approximate surface area is 129 Å². The molecule has 0 aliphatic rings. The van der Waals surface area contributed by atoms with E-state index in [1.807, 2.05) is 30.0 Å². The van der Waals surface area contributed by atoms with Gasteiger partial charge < -0.3 is 10.2 Å². The van der Waals surface area contributed by atoms with Crippen molar-refractivity contribution in [2.24, 2.45) is 5.92 Å². The van der Waals surface area contributed by atoms with Gasteiger partial charge in [-0.2, -0.15) is 0 Å². The number of nitrogens with one attached hydrogen (secondary N) is 1. The zero-order valence-electron chi connectivity index (χ0n) is 14.2. The lowest BCUT2D eigenvalue weighted by Gasteiger charge is -2.26. The van der Waals surface area contributed by atoms with Crippen molar-refractivity contribution in [3.8, 4) is 0 Å². The van der Waals surface area contributed by atoms with Crippen molar-refractivity contribution in [3.05, 3.63) is 29.3 Å². The molecule has 0 aromatic heterocycles. The molecule has 21 heavy (non-hydrogen) atoms. The number of aryl methyl sites for hydroxylation is 1. The van der Waals surface area contributed by atoms with Crippen LogP contribution in [0.4, 0.5) is 5.69 Å². The van der Waals surface area contributed by atoms with Crippen LogP contribution in [0.1, 0.15) is 56.5 Å². The van der Waals surface area contributed by atoms with Crippen LogP contribution in [-0.2, 0) is 0 Å². The van der Waals surface area contributed by atoms with Crippen LogP contribution in [0.25, 0.3) is 0 Å². The fourth-order valence-electron chi connectivity index (χ4n) is 2.58. The van der Waals surface area contributed by atoms with Crippen molar-refractivity contribution >= 4 is 11.6 Å². The quantitative estimate of drug-likeness (QED) is 0.773. The Morgan fingerprint density at radius 1 is 1.19 bits per heavy atom. The van der Waals surface area contributed by atoms with E-state index in [9.17, 15) is 4.79 Å². The van der Waals surface area contributed by atoms with E-state index in [2.05, 4.69) is 33.0 Å². The number of rotatable bonds is 8. The zero-order chi connectivity index (χ0) is 15.8. The van der Waals surface area contributed by atoms with Gasteiger partial charge in [0.25, 0.3) is 5.91 Å². The first kappa shape index (κ1) is 17.5. The molecule has 0 fully saturated rings. The molecule has 0 atom stereocenters. The van der Waals surface area contributed by atoms with Gasteiger partial charge in [0.15, 0.2) is 0 Å². The highest BCUT2D eigenvalue weighted by molar-refractivity contribution is 5.95. The Morgan fingerprint density at radius 2 is 1.86 bits per heavy atom. The van der Waals surface area contributed by atoms with Crippen LogP contribution in [-0.4, -0.2) is 30.4 Å². The Hall–Kier alpha value is -1.51. The van der Waals surface area contributed by atoms with Gasteiger partial charge in [0.05, 0.1) is 0 Å². The second-order valence-electron chi connectivity index (χ2n) is 5.59. The summed E-state index contributed by atoms with van der Waals surface area (Å²) in [5.41, 5.74) is 3.03. The van der Waals surface area contributed by atoms with Gasteiger partial charge in [-0.25, -0.2) is 0 Å². The van der Waals surface area contributed by atoms with Crippen LogP contribution < -0.4 is 5.32 Å². The Kier molecular flexibility index (Phi) is 7.27. The Balaban J connectivity index is 2.87. The first-order valence-electron chi connectivity index (χ1n) is 8.20. The number of nitrogens with zero attached hydrogens (tertiary/aromatic N) is 1. The predicted molar refractivity (Wildman–Crippen MR) is 91.0 cm³/mol. The number of carbonyl (C=O) groups is 1. The monoisotopic (exact) mass is 290 g/mol. The first-order valence-corrected chi connectivity index (χ1v) is 8.20. The zero-order valence-corrected chi connectivity index (χ0v) is 14.2. The summed E-state index contributed by atoms with van der Waals surface area (Å²) in [5, 5.41) is 3.31. The maximum atomic E-state index is 12.7. The Bertz CT molecular complexity index is 453. The summed E-state index contributed by atoms with van der Waals surface area (Å²) in [6.07, 6.45) is 2.25. The summed E-state index contributed by atoms with van der Waals surface area (Å²) in [4.78, 5) is 14.6. The number of carbonyl (C=O) groups excluding carboxylic acids is 1. The van der Waals surface area contributed by atoms with Crippen LogP contribution in [0.2, 0.25) is 0 Å². The number of benzene rings is 1. The summed E-state index contributed by atoms with van der Waals surface area (Å²) in [5.74, 6) is 0.742. The lowest BCUT2D eigenvalue weighted by molar-refractivity contribution is 0.0735. The molecular weight excluding hydrogens is 260 g/mol. The largest absolute Gasteiger partial charge is 0.385 e. The third-order valence-electron chi connectivity index (χ3n) is 4.14. The standard InChI is InChI=1S/C18H30N2O/c1-6-15(7-2)13-20(9-4)18(21)16-10-11-17(19-8-3)14(5)12-16/h10-12,15,19H,6-9,13H2,1-5H3. The minimum atomic E-state index is 0.149. The lowest BCUT2D eigenvalue weighted by atomic mass is 10.0. The van der Waals surface area contributed by atoms with Crippen molar-refractivity contribution in [1.29, 1.82) is 0 Å². The number of hydrogen-bond donors (Lipinski definition) is 1. The van der Waals surface area contributed by atoms with Crippen molar-refractivity contribution in [3.63, 3.8) is 0 Å². The molecule has 0 bridgehead atoms. The molecule has 3 nitrogen and oxygen atoms in total. The van der Waals surface area contributed by atoms with Crippen LogP contribution in [0.3, 0.4) is 0 Å². The van der Waals surface area contributed by atoms with Gasteiger partial charge in [0, 0.05) is 30.9 Å². The van der Waals surface area contributed by atoms with Crippen LogP contribution in [0.15, 0.2) is 18.2 Å². The maximum Gasteiger partial charge on any atom is 0.253 e. The molecule has 0 heterocycles. The van der Waals surface area contributed by atoms with Gasteiger partial charge in [0.1, 0.15) is 0 Å². The fourth-order valence-corrected chi connectivity index (χ4v) is 2.58. The smallest absolute Gasteiger partial charge is 0.253 e. The predicted octanol–water partition coefficient (Wildman–Crippen LogP) is 4.33. The van der Waals surface area contributed by atoms with E-state index in [0.717, 1.165) is 49.3 Å². The van der Waals surface area contributed by atoms with Crippen molar-refractivity contribution in [1.82, 2.24) is 4.90 Å². The minimum absolute atomic E-state index is 0.149. The highest BCUT2D eigenvalue weighted by atomic mass is 16.2. The highest BCUT2D eigenvalue weighted by Gasteiger charge is 2.17. The molecule has 0 saturated carbocycles. The molecule has 0 unspecified atom stereocenters. The molecular formula is C18H30N2O. The van der Waals surface area contributed by atoms with Crippen molar-refractivity contribution < 1.29 is 4.79 Å². The highest BCUT2D eigenvalue weighted by Crippen LogP contribution is 2.19. The number of hydrogen-bond acceptors (Lipinski definition) is 2. The van der Waals surface area contributed by atoms with E-state index in [1.165, 1.54) is 0 Å². The van der Waals surface area contributed by atoms with Crippen molar-refractivity contribution in [2.45, 2.75) is 47.5 Å². The molecule has 0 spiro atoms. The van der Waals surface area contributed by atoms with E-state index in [4.69, 9.17) is 0 Å². The van der Waals surface area contributed by atoms with E-state index < -0.39 is 0 Å². The SMILES string of the molecule is CCNc1ccc(C(=O)N(CC)CC(CC)CC)cc1C. The number of amides is 1. The minimum Gasteiger partial charge on any atom is -0.385 e. The summed E-state index contributed by atoms with van der Waals surface area (Å²) in [7, 11) is 0. The Morgan fingerprint density at radius 3 is 2.33 bits per heavy atom. The maximum absolute atomic E-state index is 12.7. The van der Waals surface area contributed by atoms with E-state index in [-0.39, 0.29) is 5.91 Å². The second kappa shape index (κ2) is 8.71. The summed E-state index contributed by atoms with van der Waals surface area (Å²) in [6.45, 7) is 13.1. The second-order valence-corrected chi connectivity index (χ2v) is 5.59. The van der Waals surface area contributed by atoms with Crippen LogP contribution in [0, 0.1) is 12.8 Å². The van der Waals surface area contributed by atoms with Crippen LogP contribution in [0.5, 0.6) is 0 Å². The van der Waals surface area contributed by atoms with E-state index in [1.54, 1.807) is 0 Å². The summed E-state index contributed by atoms with van der Waals surface area (Å²) < 4.78 is 0. The van der Waals surface area contributed by atoms with Crippen molar-refractivity contribution in [2.75, 3.05) is 25.0 Å². The molecule has 0 aliphatic carbocycles. The van der Waals surface area contributed by atoms with E-state index >= 15 is 0 Å². The third-order valence-corrected chi connectivity index (χ3v) is 4.14. The summed E-state index contributed by atoms with van der Waals surface area (Å²) >= 11 is 0. The molecule has 1 amide bonds. The van der Waals surface area contributed by atoms with Gasteiger partial charge in [-0.1, -0.05) is 26.7 Å². The molecule has 3 heteroatoms. The normalized spacial score (nSPS) is 10.8. The molecule has 1 N–H and O–H groups in total. The van der Waals surface area contributed by atoms with Gasteiger partial charge in [-0.05, 0) is 50.5 Å². The lowest BCUT2D eigenvalue weighted by Crippen LogP contribution is -2.35. The molecule has 0 aliphatic heterocycles. The average Bonchev–Trinajstić information content (AvgIpc) is 2.50. The van der Waals surface area contributed by atoms with E-state index in [0.29, 0.717) is 5.92 Å². The molecule has 1 aromatic carbocycles. The molecule has 118 valence electrons. The average molecular weight is 290 g/mol.